The maximum Gasteiger partial charge on any atom is 0.332 e. The predicted molar refractivity (Wildman–Crippen MR) is 105 cm³/mol. The monoisotopic (exact) mass is 377 g/mol. The Balaban J connectivity index is 2.06. The minimum Gasteiger partial charge on any atom is -0.380 e. The van der Waals surface area contributed by atoms with E-state index in [-0.39, 0.29) is 11.2 Å². The normalized spacial score (nSPS) is 21.2. The van der Waals surface area contributed by atoms with Crippen LogP contribution in [-0.4, -0.2) is 49.9 Å². The summed E-state index contributed by atoms with van der Waals surface area (Å²) in [7, 11) is 3.18. The van der Waals surface area contributed by atoms with Gasteiger partial charge in [0, 0.05) is 40.3 Å². The van der Waals surface area contributed by atoms with Crippen LogP contribution in [0, 0.1) is 11.8 Å². The van der Waals surface area contributed by atoms with Crippen LogP contribution < -0.4 is 11.2 Å². The lowest BCUT2D eigenvalue weighted by atomic mass is 9.92. The molecule has 0 aliphatic carbocycles. The molecule has 1 aliphatic heterocycles. The molecular weight excluding hydrogens is 346 g/mol. The first kappa shape index (κ1) is 19.8. The topological polar surface area (TPSA) is 74.3 Å². The van der Waals surface area contributed by atoms with Gasteiger partial charge in [0.25, 0.3) is 5.56 Å². The van der Waals surface area contributed by atoms with E-state index in [0.717, 1.165) is 23.5 Å². The number of rotatable bonds is 6. The molecule has 2 aromatic heterocycles. The lowest BCUT2D eigenvalue weighted by Gasteiger charge is -2.34. The van der Waals surface area contributed by atoms with Crippen molar-refractivity contribution >= 4 is 11.2 Å². The smallest absolute Gasteiger partial charge is 0.332 e. The highest BCUT2D eigenvalue weighted by Gasteiger charge is 2.25. The van der Waals surface area contributed by atoms with Crippen LogP contribution in [0.4, 0.5) is 0 Å². The molecule has 0 N–H and O–H groups in total. The predicted octanol–water partition coefficient (Wildman–Crippen LogP) is 0.948. The number of aromatic nitrogens is 4. The molecular formula is C19H31N5O3. The number of aryl methyl sites for hydroxylation is 1. The van der Waals surface area contributed by atoms with Crippen LogP contribution in [-0.2, 0) is 31.9 Å². The van der Waals surface area contributed by atoms with Crippen LogP contribution in [0.3, 0.4) is 0 Å². The van der Waals surface area contributed by atoms with Gasteiger partial charge in [-0.25, -0.2) is 9.78 Å². The zero-order chi connectivity index (χ0) is 19.7. The Kier molecular flexibility index (Phi) is 5.86. The van der Waals surface area contributed by atoms with Crippen molar-refractivity contribution in [2.45, 2.75) is 40.3 Å². The van der Waals surface area contributed by atoms with Gasteiger partial charge in [-0.05, 0) is 25.2 Å². The third-order valence-corrected chi connectivity index (χ3v) is 5.40. The molecule has 1 aliphatic rings. The first-order valence-electron chi connectivity index (χ1n) is 9.78. The summed E-state index contributed by atoms with van der Waals surface area (Å²) in [6.07, 6.45) is 1.24. The third kappa shape index (κ3) is 3.87. The third-order valence-electron chi connectivity index (χ3n) is 5.40. The molecule has 8 heteroatoms. The molecule has 1 saturated heterocycles. The minimum atomic E-state index is -0.353. The van der Waals surface area contributed by atoms with Crippen LogP contribution in [0.25, 0.3) is 11.2 Å². The molecule has 0 aromatic carbocycles. The fraction of sp³-hybridized carbons (Fsp3) is 0.737. The molecule has 2 aromatic rings. The summed E-state index contributed by atoms with van der Waals surface area (Å²) in [4.78, 5) is 32.2. The molecule has 0 amide bonds. The Labute approximate surface area is 159 Å². The van der Waals surface area contributed by atoms with Crippen LogP contribution >= 0.6 is 0 Å². The fourth-order valence-electron chi connectivity index (χ4n) is 4.27. The molecule has 0 saturated carbocycles. The van der Waals surface area contributed by atoms with Crippen molar-refractivity contribution in [1.29, 1.82) is 0 Å². The van der Waals surface area contributed by atoms with Gasteiger partial charge in [-0.15, -0.1) is 0 Å². The van der Waals surface area contributed by atoms with Crippen molar-refractivity contribution in [2.75, 3.05) is 26.3 Å². The molecule has 2 atom stereocenters. The summed E-state index contributed by atoms with van der Waals surface area (Å²) in [6, 6.07) is 0. The van der Waals surface area contributed by atoms with Gasteiger partial charge in [-0.2, -0.15) is 0 Å². The van der Waals surface area contributed by atoms with Gasteiger partial charge < -0.3 is 9.30 Å². The van der Waals surface area contributed by atoms with Gasteiger partial charge in [0.15, 0.2) is 11.2 Å². The Bertz CT molecular complexity index is 916. The highest BCUT2D eigenvalue weighted by Crippen LogP contribution is 2.23. The molecule has 0 unspecified atom stereocenters. The van der Waals surface area contributed by atoms with E-state index in [1.165, 1.54) is 18.0 Å². The summed E-state index contributed by atoms with van der Waals surface area (Å²) in [5.74, 6) is 2.11. The van der Waals surface area contributed by atoms with Crippen LogP contribution in [0.5, 0.6) is 0 Å². The summed E-state index contributed by atoms with van der Waals surface area (Å²) < 4.78 is 10.1. The number of likely N-dealkylation sites (tertiary alicyclic amines) is 1. The number of fused-ring (bicyclic) bond motifs is 1. The van der Waals surface area contributed by atoms with Crippen LogP contribution in [0.15, 0.2) is 9.59 Å². The Morgan fingerprint density at radius 1 is 1.11 bits per heavy atom. The van der Waals surface area contributed by atoms with Gasteiger partial charge in [0.1, 0.15) is 5.82 Å². The number of hydrogen-bond donors (Lipinski definition) is 0. The Morgan fingerprint density at radius 2 is 1.78 bits per heavy atom. The van der Waals surface area contributed by atoms with Gasteiger partial charge in [0.2, 0.25) is 0 Å². The summed E-state index contributed by atoms with van der Waals surface area (Å²) in [6.45, 7) is 10.9. The van der Waals surface area contributed by atoms with Crippen molar-refractivity contribution in [3.05, 3.63) is 26.7 Å². The lowest BCUT2D eigenvalue weighted by Crippen LogP contribution is -2.39. The van der Waals surface area contributed by atoms with Crippen molar-refractivity contribution in [2.24, 2.45) is 25.9 Å². The van der Waals surface area contributed by atoms with E-state index in [9.17, 15) is 9.59 Å². The number of piperidine rings is 1. The highest BCUT2D eigenvalue weighted by atomic mass is 16.5. The van der Waals surface area contributed by atoms with E-state index in [1.807, 2.05) is 11.5 Å². The van der Waals surface area contributed by atoms with Crippen molar-refractivity contribution in [1.82, 2.24) is 23.6 Å². The van der Waals surface area contributed by atoms with Crippen LogP contribution in [0.1, 0.15) is 33.0 Å². The SMILES string of the molecule is CCOCCn1c(CN2C[C@H](C)C[C@@H](C)C2)nc2c1c(=O)n(C)c(=O)n2C. The molecule has 1 fully saturated rings. The second kappa shape index (κ2) is 7.98. The summed E-state index contributed by atoms with van der Waals surface area (Å²) in [5.41, 5.74) is 0.276. The number of ether oxygens (including phenoxy) is 1. The quantitative estimate of drug-likeness (QED) is 0.701. The van der Waals surface area contributed by atoms with E-state index in [4.69, 9.17) is 9.72 Å². The van der Waals surface area contributed by atoms with Crippen LogP contribution in [0.2, 0.25) is 0 Å². The molecule has 150 valence electrons. The summed E-state index contributed by atoms with van der Waals surface area (Å²) >= 11 is 0. The molecule has 3 rings (SSSR count). The van der Waals surface area contributed by atoms with Gasteiger partial charge in [-0.1, -0.05) is 13.8 Å². The zero-order valence-electron chi connectivity index (χ0n) is 17.1. The van der Waals surface area contributed by atoms with Crippen molar-refractivity contribution < 1.29 is 4.74 Å². The average molecular weight is 377 g/mol. The lowest BCUT2D eigenvalue weighted by molar-refractivity contribution is 0.124. The first-order chi connectivity index (χ1) is 12.8. The average Bonchev–Trinajstić information content (AvgIpc) is 2.96. The second-order valence-electron chi connectivity index (χ2n) is 7.89. The second-order valence-corrected chi connectivity index (χ2v) is 7.89. The molecule has 3 heterocycles. The van der Waals surface area contributed by atoms with Crippen molar-refractivity contribution in [3.63, 3.8) is 0 Å². The van der Waals surface area contributed by atoms with E-state index >= 15 is 0 Å². The maximum atomic E-state index is 12.8. The van der Waals surface area contributed by atoms with Gasteiger partial charge >= 0.3 is 5.69 Å². The molecule has 27 heavy (non-hydrogen) atoms. The minimum absolute atomic E-state index is 0.302. The molecule has 0 radical (unpaired) electrons. The molecule has 0 spiro atoms. The van der Waals surface area contributed by atoms with Gasteiger partial charge in [0.05, 0.1) is 13.2 Å². The molecule has 8 nitrogen and oxygen atoms in total. The zero-order valence-corrected chi connectivity index (χ0v) is 17.1. The van der Waals surface area contributed by atoms with Crippen molar-refractivity contribution in [3.8, 4) is 0 Å². The number of hydrogen-bond acceptors (Lipinski definition) is 5. The van der Waals surface area contributed by atoms with E-state index in [0.29, 0.717) is 49.3 Å². The van der Waals surface area contributed by atoms with E-state index in [2.05, 4.69) is 18.7 Å². The fourth-order valence-corrected chi connectivity index (χ4v) is 4.27. The largest absolute Gasteiger partial charge is 0.380 e. The number of nitrogens with zero attached hydrogens (tertiary/aromatic N) is 5. The van der Waals surface area contributed by atoms with E-state index < -0.39 is 0 Å². The van der Waals surface area contributed by atoms with Gasteiger partial charge in [-0.3, -0.25) is 18.8 Å². The first-order valence-corrected chi connectivity index (χ1v) is 9.78. The van der Waals surface area contributed by atoms with E-state index in [1.54, 1.807) is 7.05 Å². The molecule has 0 bridgehead atoms. The standard InChI is InChI=1S/C19H31N5O3/c1-6-27-8-7-24-15(12-23-10-13(2)9-14(3)11-23)20-17-16(24)18(25)22(5)19(26)21(17)4/h13-14H,6-12H2,1-5H3/t13-,14-/m1/s1. The highest BCUT2D eigenvalue weighted by molar-refractivity contribution is 5.71. The summed E-state index contributed by atoms with van der Waals surface area (Å²) in [5, 5.41) is 0. The Morgan fingerprint density at radius 3 is 2.41 bits per heavy atom. The number of imidazole rings is 1. The Hall–Kier alpha value is -1.93. The maximum absolute atomic E-state index is 12.8.